The summed E-state index contributed by atoms with van der Waals surface area (Å²) in [4.78, 5) is 29.0. The van der Waals surface area contributed by atoms with Gasteiger partial charge >= 0.3 is 0 Å². The number of carbonyl (C=O) groups excluding carboxylic acids is 2. The van der Waals surface area contributed by atoms with Gasteiger partial charge in [0.25, 0.3) is 5.91 Å². The van der Waals surface area contributed by atoms with Crippen molar-refractivity contribution in [2.24, 2.45) is 0 Å². The molecule has 0 radical (unpaired) electrons. The van der Waals surface area contributed by atoms with E-state index >= 15 is 0 Å². The lowest BCUT2D eigenvalue weighted by Crippen LogP contribution is -2.47. The molecule has 7 heteroatoms. The molecule has 1 fully saturated rings. The predicted molar refractivity (Wildman–Crippen MR) is 118 cm³/mol. The highest BCUT2D eigenvalue weighted by Gasteiger charge is 2.37. The van der Waals surface area contributed by atoms with E-state index in [1.54, 1.807) is 24.3 Å². The number of anilines is 1. The van der Waals surface area contributed by atoms with Gasteiger partial charge in [0.05, 0.1) is 18.4 Å². The molecule has 1 unspecified atom stereocenters. The average Bonchev–Trinajstić information content (AvgIpc) is 3.47. The summed E-state index contributed by atoms with van der Waals surface area (Å²) in [7, 11) is 0. The molecular formula is C24H25FN2O3S. The van der Waals surface area contributed by atoms with Crippen molar-refractivity contribution in [1.82, 2.24) is 5.32 Å². The van der Waals surface area contributed by atoms with Crippen LogP contribution in [0, 0.1) is 5.82 Å². The Hall–Kier alpha value is -2.93. The first-order valence-electron chi connectivity index (χ1n) is 10.6. The second-order valence-electron chi connectivity index (χ2n) is 7.73. The number of rotatable bonds is 7. The molecule has 2 amide bonds. The van der Waals surface area contributed by atoms with Gasteiger partial charge in [0.15, 0.2) is 6.04 Å². The minimum absolute atomic E-state index is 0.0496. The molecule has 0 spiro atoms. The number of hydrogen-bond acceptors (Lipinski definition) is 4. The first kappa shape index (κ1) is 21.3. The van der Waals surface area contributed by atoms with Crippen molar-refractivity contribution >= 4 is 28.8 Å². The van der Waals surface area contributed by atoms with Crippen LogP contribution in [-0.2, 0) is 16.0 Å². The van der Waals surface area contributed by atoms with Crippen LogP contribution in [0.4, 0.5) is 10.1 Å². The number of furan rings is 1. The van der Waals surface area contributed by atoms with E-state index in [2.05, 4.69) is 5.32 Å². The summed E-state index contributed by atoms with van der Waals surface area (Å²) in [5, 5.41) is 4.96. The van der Waals surface area contributed by atoms with Crippen LogP contribution >= 0.6 is 11.3 Å². The van der Waals surface area contributed by atoms with Crippen molar-refractivity contribution in [3.63, 3.8) is 0 Å². The molecule has 4 rings (SSSR count). The van der Waals surface area contributed by atoms with Crippen LogP contribution in [0.1, 0.15) is 48.8 Å². The van der Waals surface area contributed by atoms with Gasteiger partial charge in [0.2, 0.25) is 5.91 Å². The number of hydrogen-bond donors (Lipinski definition) is 1. The van der Waals surface area contributed by atoms with Crippen LogP contribution in [0.2, 0.25) is 0 Å². The van der Waals surface area contributed by atoms with Gasteiger partial charge < -0.3 is 9.73 Å². The fraction of sp³-hybridized carbons (Fsp3) is 0.333. The minimum atomic E-state index is -1.10. The van der Waals surface area contributed by atoms with E-state index in [-0.39, 0.29) is 30.0 Å². The summed E-state index contributed by atoms with van der Waals surface area (Å²) in [5.74, 6) is -0.988. The third-order valence-electron chi connectivity index (χ3n) is 5.56. The van der Waals surface area contributed by atoms with Crippen molar-refractivity contribution < 1.29 is 18.4 Å². The molecule has 1 saturated carbocycles. The Morgan fingerprint density at radius 2 is 1.90 bits per heavy atom. The van der Waals surface area contributed by atoms with Crippen molar-refractivity contribution in [3.8, 4) is 0 Å². The molecule has 1 atom stereocenters. The molecule has 0 bridgehead atoms. The molecule has 2 aromatic heterocycles. The van der Waals surface area contributed by atoms with Crippen molar-refractivity contribution in [2.75, 3.05) is 4.90 Å². The summed E-state index contributed by atoms with van der Waals surface area (Å²) >= 11 is 1.45. The number of benzene rings is 1. The maximum atomic E-state index is 14.8. The molecule has 3 aromatic rings. The van der Waals surface area contributed by atoms with Gasteiger partial charge in [-0.3, -0.25) is 14.5 Å². The predicted octanol–water partition coefficient (Wildman–Crippen LogP) is 5.25. The fourth-order valence-electron chi connectivity index (χ4n) is 4.06. The summed E-state index contributed by atoms with van der Waals surface area (Å²) in [6.45, 7) is 0. The second kappa shape index (κ2) is 9.92. The number of halogens is 1. The average molecular weight is 441 g/mol. The van der Waals surface area contributed by atoms with Gasteiger partial charge in [0, 0.05) is 10.9 Å². The molecule has 1 aliphatic carbocycles. The number of para-hydroxylation sites is 1. The van der Waals surface area contributed by atoms with E-state index < -0.39 is 11.9 Å². The maximum absolute atomic E-state index is 14.8. The largest absolute Gasteiger partial charge is 0.467 e. The highest BCUT2D eigenvalue weighted by Crippen LogP contribution is 2.32. The normalized spacial score (nSPS) is 15.4. The molecule has 0 saturated heterocycles. The van der Waals surface area contributed by atoms with Crippen LogP contribution in [0.25, 0.3) is 0 Å². The first-order valence-corrected chi connectivity index (χ1v) is 11.4. The van der Waals surface area contributed by atoms with Gasteiger partial charge in [0.1, 0.15) is 11.6 Å². The summed E-state index contributed by atoms with van der Waals surface area (Å²) in [6, 6.07) is 12.0. The smallest absolute Gasteiger partial charge is 0.251 e. The Labute approximate surface area is 184 Å². The van der Waals surface area contributed by atoms with E-state index in [9.17, 15) is 14.0 Å². The maximum Gasteiger partial charge on any atom is 0.251 e. The van der Waals surface area contributed by atoms with E-state index in [0.717, 1.165) is 37.0 Å². The molecule has 2 heterocycles. The van der Waals surface area contributed by atoms with Gasteiger partial charge in [-0.05, 0) is 48.6 Å². The van der Waals surface area contributed by atoms with Crippen molar-refractivity contribution in [1.29, 1.82) is 0 Å². The van der Waals surface area contributed by atoms with E-state index in [4.69, 9.17) is 4.42 Å². The lowest BCUT2D eigenvalue weighted by atomic mass is 9.95. The number of nitrogens with zero attached hydrogens (tertiary/aromatic N) is 1. The highest BCUT2D eigenvalue weighted by molar-refractivity contribution is 7.10. The molecule has 0 aliphatic heterocycles. The van der Waals surface area contributed by atoms with E-state index in [0.29, 0.717) is 5.76 Å². The fourth-order valence-corrected chi connectivity index (χ4v) is 4.76. The first-order chi connectivity index (χ1) is 15.1. The molecular weight excluding hydrogens is 415 g/mol. The Balaban J connectivity index is 1.71. The second-order valence-corrected chi connectivity index (χ2v) is 8.77. The molecule has 1 N–H and O–H groups in total. The molecule has 1 aliphatic rings. The number of nitrogens with one attached hydrogen (secondary N) is 1. The van der Waals surface area contributed by atoms with Crippen molar-refractivity contribution in [2.45, 2.75) is 50.6 Å². The van der Waals surface area contributed by atoms with Gasteiger partial charge in [-0.15, -0.1) is 11.3 Å². The van der Waals surface area contributed by atoms with Crippen LogP contribution in [-0.4, -0.2) is 17.9 Å². The topological polar surface area (TPSA) is 62.6 Å². The van der Waals surface area contributed by atoms with Crippen LogP contribution in [0.3, 0.4) is 0 Å². The zero-order valence-corrected chi connectivity index (χ0v) is 17.9. The van der Waals surface area contributed by atoms with E-state index in [1.807, 2.05) is 17.5 Å². The quantitative estimate of drug-likeness (QED) is 0.546. The Kier molecular flexibility index (Phi) is 6.82. The molecule has 5 nitrogen and oxygen atoms in total. The number of thiophene rings is 1. The zero-order valence-electron chi connectivity index (χ0n) is 17.1. The molecule has 31 heavy (non-hydrogen) atoms. The third-order valence-corrected chi connectivity index (χ3v) is 6.43. The lowest BCUT2D eigenvalue weighted by Gasteiger charge is -2.32. The number of amides is 2. The number of carbonyl (C=O) groups is 2. The van der Waals surface area contributed by atoms with Gasteiger partial charge in [-0.1, -0.05) is 37.5 Å². The lowest BCUT2D eigenvalue weighted by molar-refractivity contribution is -0.127. The monoisotopic (exact) mass is 440 g/mol. The zero-order chi connectivity index (χ0) is 21.6. The SMILES string of the molecule is O=C(NC1CCCCC1)C(c1ccco1)N(C(=O)Cc1cccs1)c1ccccc1F. The Morgan fingerprint density at radius 1 is 1.10 bits per heavy atom. The molecule has 1 aromatic carbocycles. The standard InChI is InChI=1S/C24H25FN2O3S/c25-19-11-4-5-12-20(19)27(22(28)16-18-10-7-15-31-18)23(21-13-6-14-30-21)24(29)26-17-8-2-1-3-9-17/h4-7,10-15,17,23H,1-3,8-9,16H2,(H,26,29). The van der Waals surface area contributed by atoms with Gasteiger partial charge in [-0.2, -0.15) is 0 Å². The summed E-state index contributed by atoms with van der Waals surface area (Å²) in [6.07, 6.45) is 6.61. The van der Waals surface area contributed by atoms with Crippen LogP contribution in [0.5, 0.6) is 0 Å². The van der Waals surface area contributed by atoms with Crippen molar-refractivity contribution in [3.05, 3.63) is 76.6 Å². The van der Waals surface area contributed by atoms with Gasteiger partial charge in [-0.25, -0.2) is 4.39 Å². The van der Waals surface area contributed by atoms with Crippen LogP contribution < -0.4 is 10.2 Å². The summed E-state index contributed by atoms with van der Waals surface area (Å²) < 4.78 is 20.4. The Bertz CT molecular complexity index is 998. The van der Waals surface area contributed by atoms with Crippen LogP contribution in [0.15, 0.2) is 64.6 Å². The third kappa shape index (κ3) is 5.05. The Morgan fingerprint density at radius 3 is 2.58 bits per heavy atom. The summed E-state index contributed by atoms with van der Waals surface area (Å²) in [5.41, 5.74) is 0.0595. The highest BCUT2D eigenvalue weighted by atomic mass is 32.1. The minimum Gasteiger partial charge on any atom is -0.467 e. The molecule has 162 valence electrons. The van der Waals surface area contributed by atoms with E-state index in [1.165, 1.54) is 34.6 Å².